The van der Waals surface area contributed by atoms with Crippen LogP contribution in [0.3, 0.4) is 0 Å². The molecule has 6 nitrogen and oxygen atoms in total. The molecule has 0 spiro atoms. The summed E-state index contributed by atoms with van der Waals surface area (Å²) in [4.78, 5) is 18.1. The first-order chi connectivity index (χ1) is 9.33. The average molecular weight is 262 g/mol. The molecule has 2 saturated heterocycles. The summed E-state index contributed by atoms with van der Waals surface area (Å²) >= 11 is 0. The summed E-state index contributed by atoms with van der Waals surface area (Å²) in [5.41, 5.74) is 0.909. The average Bonchev–Trinajstić information content (AvgIpc) is 2.82. The Kier molecular flexibility index (Phi) is 3.61. The summed E-state index contributed by atoms with van der Waals surface area (Å²) in [5.74, 6) is 0. The van der Waals surface area contributed by atoms with E-state index in [-0.39, 0.29) is 18.1 Å². The van der Waals surface area contributed by atoms with Crippen LogP contribution in [0.15, 0.2) is 24.4 Å². The van der Waals surface area contributed by atoms with Crippen molar-refractivity contribution in [2.75, 3.05) is 32.8 Å². The summed E-state index contributed by atoms with van der Waals surface area (Å²) in [6.07, 6.45) is 1.75. The molecule has 2 amide bonds. The minimum absolute atomic E-state index is 0.0155. The predicted octanol–water partition coefficient (Wildman–Crippen LogP) is 0.136. The lowest BCUT2D eigenvalue weighted by Crippen LogP contribution is -2.49. The fourth-order valence-corrected chi connectivity index (χ4v) is 2.50. The molecule has 0 saturated carbocycles. The Bertz CT molecular complexity index is 434. The highest BCUT2D eigenvalue weighted by molar-refractivity contribution is 5.77. The third-order valence-corrected chi connectivity index (χ3v) is 3.47. The zero-order chi connectivity index (χ0) is 13.1. The highest BCUT2D eigenvalue weighted by Gasteiger charge is 2.32. The van der Waals surface area contributed by atoms with Crippen LogP contribution in [-0.4, -0.2) is 54.8 Å². The fraction of sp³-hybridized carbons (Fsp3) is 0.538. The fourth-order valence-electron chi connectivity index (χ4n) is 2.50. The zero-order valence-corrected chi connectivity index (χ0v) is 10.7. The van der Waals surface area contributed by atoms with E-state index in [1.807, 2.05) is 23.1 Å². The molecule has 3 heterocycles. The van der Waals surface area contributed by atoms with Crippen molar-refractivity contribution in [3.63, 3.8) is 0 Å². The van der Waals surface area contributed by atoms with Gasteiger partial charge < -0.3 is 20.3 Å². The molecular weight excluding hydrogens is 244 g/mol. The number of rotatable bonds is 3. The molecule has 1 aromatic heterocycles. The molecule has 2 atom stereocenters. The molecule has 0 aliphatic carbocycles. The lowest BCUT2D eigenvalue weighted by atomic mass is 10.2. The normalized spacial score (nSPS) is 27.4. The Morgan fingerprint density at radius 2 is 2.42 bits per heavy atom. The van der Waals surface area contributed by atoms with Crippen LogP contribution in [0.25, 0.3) is 0 Å². The van der Waals surface area contributed by atoms with Gasteiger partial charge in [0.2, 0.25) is 0 Å². The molecule has 2 N–H and O–H groups in total. The molecule has 1 aromatic rings. The highest BCUT2D eigenvalue weighted by Crippen LogP contribution is 2.18. The third kappa shape index (κ3) is 2.85. The molecule has 0 aromatic carbocycles. The van der Waals surface area contributed by atoms with Crippen LogP contribution in [0.2, 0.25) is 0 Å². The van der Waals surface area contributed by atoms with Crippen LogP contribution < -0.4 is 10.6 Å². The number of nitrogens with one attached hydrogen (secondary N) is 2. The molecule has 6 heteroatoms. The molecule has 0 radical (unpaired) electrons. The minimum atomic E-state index is -0.0250. The van der Waals surface area contributed by atoms with Gasteiger partial charge in [0, 0.05) is 31.9 Å². The van der Waals surface area contributed by atoms with Gasteiger partial charge in [0.1, 0.15) is 0 Å². The van der Waals surface area contributed by atoms with E-state index < -0.39 is 0 Å². The van der Waals surface area contributed by atoms with Gasteiger partial charge in [-0.25, -0.2) is 4.79 Å². The molecule has 2 aliphatic heterocycles. The second kappa shape index (κ2) is 5.54. The Morgan fingerprint density at radius 1 is 1.47 bits per heavy atom. The van der Waals surface area contributed by atoms with Crippen molar-refractivity contribution in [3.05, 3.63) is 30.1 Å². The number of amides is 2. The van der Waals surface area contributed by atoms with Crippen LogP contribution in [0.4, 0.5) is 4.79 Å². The van der Waals surface area contributed by atoms with Crippen molar-refractivity contribution in [2.45, 2.75) is 12.1 Å². The number of carbonyl (C=O) groups excluding carboxylic acids is 1. The molecule has 19 heavy (non-hydrogen) atoms. The summed E-state index contributed by atoms with van der Waals surface area (Å²) in [6.45, 7) is 3.60. The quantitative estimate of drug-likeness (QED) is 0.813. The Balaban J connectivity index is 1.60. The Morgan fingerprint density at radius 3 is 3.16 bits per heavy atom. The summed E-state index contributed by atoms with van der Waals surface area (Å²) in [7, 11) is 0. The van der Waals surface area contributed by atoms with Gasteiger partial charge in [-0.3, -0.25) is 4.98 Å². The van der Waals surface area contributed by atoms with Crippen molar-refractivity contribution in [1.82, 2.24) is 20.5 Å². The van der Waals surface area contributed by atoms with Crippen molar-refractivity contribution >= 4 is 6.03 Å². The van der Waals surface area contributed by atoms with E-state index in [9.17, 15) is 4.79 Å². The lowest BCUT2D eigenvalue weighted by molar-refractivity contribution is 0.0679. The van der Waals surface area contributed by atoms with Gasteiger partial charge in [-0.05, 0) is 12.1 Å². The van der Waals surface area contributed by atoms with Crippen LogP contribution in [0.1, 0.15) is 11.7 Å². The van der Waals surface area contributed by atoms with Gasteiger partial charge in [0.25, 0.3) is 0 Å². The maximum atomic E-state index is 12.0. The maximum absolute atomic E-state index is 12.0. The number of urea groups is 1. The number of hydrogen-bond acceptors (Lipinski definition) is 4. The zero-order valence-electron chi connectivity index (χ0n) is 10.7. The SMILES string of the molecule is O=C1NC(c2ccccn2)CN1CC1COCCN1. The molecule has 102 valence electrons. The van der Waals surface area contributed by atoms with Crippen molar-refractivity contribution < 1.29 is 9.53 Å². The van der Waals surface area contributed by atoms with Gasteiger partial charge in [-0.1, -0.05) is 6.07 Å². The number of ether oxygens (including phenoxy) is 1. The molecule has 0 bridgehead atoms. The number of hydrogen-bond donors (Lipinski definition) is 2. The number of aromatic nitrogens is 1. The first-order valence-corrected chi connectivity index (χ1v) is 6.60. The van der Waals surface area contributed by atoms with Crippen LogP contribution >= 0.6 is 0 Å². The van der Waals surface area contributed by atoms with Crippen molar-refractivity contribution in [1.29, 1.82) is 0 Å². The monoisotopic (exact) mass is 262 g/mol. The molecule has 2 unspecified atom stereocenters. The van der Waals surface area contributed by atoms with E-state index in [4.69, 9.17) is 4.74 Å². The first kappa shape index (κ1) is 12.4. The summed E-state index contributed by atoms with van der Waals surface area (Å²) in [5, 5.41) is 6.32. The Hall–Kier alpha value is -1.66. The van der Waals surface area contributed by atoms with E-state index in [1.165, 1.54) is 0 Å². The number of carbonyl (C=O) groups is 1. The van der Waals surface area contributed by atoms with E-state index in [2.05, 4.69) is 15.6 Å². The predicted molar refractivity (Wildman–Crippen MR) is 69.7 cm³/mol. The van der Waals surface area contributed by atoms with E-state index in [0.29, 0.717) is 19.7 Å². The highest BCUT2D eigenvalue weighted by atomic mass is 16.5. The van der Waals surface area contributed by atoms with Crippen LogP contribution in [-0.2, 0) is 4.74 Å². The Labute approximate surface area is 112 Å². The van der Waals surface area contributed by atoms with Gasteiger partial charge in [0.05, 0.1) is 24.9 Å². The van der Waals surface area contributed by atoms with Crippen molar-refractivity contribution in [2.24, 2.45) is 0 Å². The van der Waals surface area contributed by atoms with Gasteiger partial charge in [-0.2, -0.15) is 0 Å². The maximum Gasteiger partial charge on any atom is 0.318 e. The topological polar surface area (TPSA) is 66.5 Å². The molecule has 2 aliphatic rings. The first-order valence-electron chi connectivity index (χ1n) is 6.60. The lowest BCUT2D eigenvalue weighted by Gasteiger charge is -2.27. The number of nitrogens with zero attached hydrogens (tertiary/aromatic N) is 2. The largest absolute Gasteiger partial charge is 0.378 e. The molecule has 3 rings (SSSR count). The van der Waals surface area contributed by atoms with Gasteiger partial charge in [-0.15, -0.1) is 0 Å². The van der Waals surface area contributed by atoms with E-state index >= 15 is 0 Å². The van der Waals surface area contributed by atoms with E-state index in [1.54, 1.807) is 6.20 Å². The van der Waals surface area contributed by atoms with E-state index in [0.717, 1.165) is 18.8 Å². The van der Waals surface area contributed by atoms with Crippen LogP contribution in [0.5, 0.6) is 0 Å². The van der Waals surface area contributed by atoms with Gasteiger partial charge >= 0.3 is 6.03 Å². The molecule has 2 fully saturated rings. The number of morpholine rings is 1. The third-order valence-electron chi connectivity index (χ3n) is 3.47. The minimum Gasteiger partial charge on any atom is -0.378 e. The smallest absolute Gasteiger partial charge is 0.318 e. The van der Waals surface area contributed by atoms with Crippen LogP contribution in [0, 0.1) is 0 Å². The molecular formula is C13H18N4O2. The summed E-state index contributed by atoms with van der Waals surface area (Å²) < 4.78 is 5.41. The second-order valence-electron chi connectivity index (χ2n) is 4.89. The number of pyridine rings is 1. The van der Waals surface area contributed by atoms with Gasteiger partial charge in [0.15, 0.2) is 0 Å². The second-order valence-corrected chi connectivity index (χ2v) is 4.89. The van der Waals surface area contributed by atoms with Crippen molar-refractivity contribution in [3.8, 4) is 0 Å². The summed E-state index contributed by atoms with van der Waals surface area (Å²) in [6, 6.07) is 5.94. The standard InChI is InChI=1S/C13H18N4O2/c18-13-16-12(11-3-1-2-4-15-11)8-17(13)7-10-9-19-6-5-14-10/h1-4,10,12,14H,5-9H2,(H,16,18).